The van der Waals surface area contributed by atoms with Crippen LogP contribution in [0.25, 0.3) is 11.1 Å². The number of aromatic nitrogens is 1. The van der Waals surface area contributed by atoms with Crippen molar-refractivity contribution in [3.8, 4) is 0 Å². The van der Waals surface area contributed by atoms with Gasteiger partial charge in [-0.15, -0.1) is 0 Å². The van der Waals surface area contributed by atoms with Crippen molar-refractivity contribution in [2.75, 3.05) is 26.0 Å². The molecule has 0 bridgehead atoms. The summed E-state index contributed by atoms with van der Waals surface area (Å²) in [5.74, 6) is -0.439. The molecule has 0 spiro atoms. The predicted molar refractivity (Wildman–Crippen MR) is 87.1 cm³/mol. The Bertz CT molecular complexity index is 715. The quantitative estimate of drug-likeness (QED) is 0.888. The number of hydrogen-bond donors (Lipinski definition) is 1. The minimum atomic E-state index is -0.373. The molecular weight excluding hydrogens is 282 g/mol. The molecule has 0 saturated heterocycles. The summed E-state index contributed by atoms with van der Waals surface area (Å²) in [5.41, 5.74) is 1.91. The lowest BCUT2D eigenvalue weighted by Gasteiger charge is -2.11. The van der Waals surface area contributed by atoms with Gasteiger partial charge in [0.15, 0.2) is 5.58 Å². The van der Waals surface area contributed by atoms with Gasteiger partial charge in [-0.3, -0.25) is 9.36 Å². The normalized spacial score (nSPS) is 12.8. The number of rotatable bonds is 6. The van der Waals surface area contributed by atoms with Crippen molar-refractivity contribution in [3.05, 3.63) is 28.7 Å². The monoisotopic (exact) mass is 305 g/mol. The third-order valence-electron chi connectivity index (χ3n) is 3.77. The van der Waals surface area contributed by atoms with E-state index in [9.17, 15) is 9.59 Å². The van der Waals surface area contributed by atoms with Crippen LogP contribution in [0.5, 0.6) is 0 Å². The third-order valence-corrected chi connectivity index (χ3v) is 3.77. The molecule has 0 fully saturated rings. The fourth-order valence-electron chi connectivity index (χ4n) is 2.10. The highest BCUT2D eigenvalue weighted by Crippen LogP contribution is 2.19. The lowest BCUT2D eigenvalue weighted by Crippen LogP contribution is -2.23. The van der Waals surface area contributed by atoms with Gasteiger partial charge in [-0.25, -0.2) is 4.79 Å². The molecule has 1 aromatic carbocycles. The van der Waals surface area contributed by atoms with Crippen molar-refractivity contribution in [3.63, 3.8) is 0 Å². The molecule has 120 valence electrons. The maximum absolute atomic E-state index is 12.0. The second-order valence-corrected chi connectivity index (χ2v) is 5.80. The van der Waals surface area contributed by atoms with Crippen molar-refractivity contribution in [2.45, 2.75) is 26.8 Å². The van der Waals surface area contributed by atoms with Crippen LogP contribution in [0.15, 0.2) is 27.4 Å². The van der Waals surface area contributed by atoms with Crippen molar-refractivity contribution >= 4 is 22.7 Å². The highest BCUT2D eigenvalue weighted by atomic mass is 16.4. The van der Waals surface area contributed by atoms with Crippen LogP contribution in [0.2, 0.25) is 0 Å². The van der Waals surface area contributed by atoms with Gasteiger partial charge < -0.3 is 14.6 Å². The standard InChI is InChI=1S/C16H23N3O3/c1-5-11(2)15(20)17-12-6-7-14-13(10-12)19(16(21)22-14)9-8-18(3)4/h6-7,10-11H,5,8-9H2,1-4H3,(H,17,20). The summed E-state index contributed by atoms with van der Waals surface area (Å²) in [6, 6.07) is 5.26. The molecule has 6 heteroatoms. The zero-order valence-electron chi connectivity index (χ0n) is 13.5. The van der Waals surface area contributed by atoms with Gasteiger partial charge in [0.05, 0.1) is 5.52 Å². The van der Waals surface area contributed by atoms with E-state index in [-0.39, 0.29) is 17.6 Å². The number of likely N-dealkylation sites (N-methyl/N-ethyl adjacent to an activating group) is 1. The second kappa shape index (κ2) is 6.79. The van der Waals surface area contributed by atoms with E-state index >= 15 is 0 Å². The first-order valence-electron chi connectivity index (χ1n) is 7.51. The van der Waals surface area contributed by atoms with Gasteiger partial charge in [0.2, 0.25) is 5.91 Å². The van der Waals surface area contributed by atoms with Gasteiger partial charge in [-0.2, -0.15) is 0 Å². The number of carbonyl (C=O) groups excluding carboxylic acids is 1. The number of hydrogen-bond acceptors (Lipinski definition) is 4. The van der Waals surface area contributed by atoms with E-state index in [1.54, 1.807) is 22.8 Å². The smallest absolute Gasteiger partial charge is 0.408 e. The Hall–Kier alpha value is -2.08. The van der Waals surface area contributed by atoms with E-state index in [0.717, 1.165) is 13.0 Å². The molecule has 1 atom stereocenters. The Morgan fingerprint density at radius 2 is 2.14 bits per heavy atom. The fraction of sp³-hybridized carbons (Fsp3) is 0.500. The van der Waals surface area contributed by atoms with Gasteiger partial charge in [0.25, 0.3) is 0 Å². The van der Waals surface area contributed by atoms with Crippen LogP contribution in [0.4, 0.5) is 5.69 Å². The number of amides is 1. The molecule has 1 unspecified atom stereocenters. The van der Waals surface area contributed by atoms with Gasteiger partial charge in [-0.1, -0.05) is 13.8 Å². The summed E-state index contributed by atoms with van der Waals surface area (Å²) in [7, 11) is 3.90. The highest BCUT2D eigenvalue weighted by molar-refractivity contribution is 5.94. The van der Waals surface area contributed by atoms with Crippen LogP contribution in [0.3, 0.4) is 0 Å². The van der Waals surface area contributed by atoms with E-state index < -0.39 is 0 Å². The van der Waals surface area contributed by atoms with Crippen LogP contribution in [0.1, 0.15) is 20.3 Å². The van der Waals surface area contributed by atoms with Crippen LogP contribution in [-0.4, -0.2) is 36.0 Å². The molecule has 0 aliphatic carbocycles. The molecule has 1 amide bonds. The Labute approximate surface area is 129 Å². The van der Waals surface area contributed by atoms with Gasteiger partial charge in [0, 0.05) is 24.7 Å². The summed E-state index contributed by atoms with van der Waals surface area (Å²) < 4.78 is 6.83. The molecule has 2 aromatic rings. The number of benzene rings is 1. The number of anilines is 1. The average Bonchev–Trinajstić information content (AvgIpc) is 2.79. The zero-order valence-corrected chi connectivity index (χ0v) is 13.5. The topological polar surface area (TPSA) is 67.5 Å². The second-order valence-electron chi connectivity index (χ2n) is 5.80. The summed E-state index contributed by atoms with van der Waals surface area (Å²) in [6.45, 7) is 5.14. The van der Waals surface area contributed by atoms with Gasteiger partial charge in [-0.05, 0) is 38.7 Å². The first-order valence-corrected chi connectivity index (χ1v) is 7.51. The van der Waals surface area contributed by atoms with Gasteiger partial charge in [0.1, 0.15) is 0 Å². The molecule has 6 nitrogen and oxygen atoms in total. The van der Waals surface area contributed by atoms with Crippen molar-refractivity contribution in [2.24, 2.45) is 5.92 Å². The molecule has 1 heterocycles. The molecular formula is C16H23N3O3. The first kappa shape index (κ1) is 16.3. The number of nitrogens with zero attached hydrogens (tertiary/aromatic N) is 2. The van der Waals surface area contributed by atoms with Crippen LogP contribution in [0, 0.1) is 5.92 Å². The maximum Gasteiger partial charge on any atom is 0.419 e. The minimum Gasteiger partial charge on any atom is -0.408 e. The zero-order chi connectivity index (χ0) is 16.3. The van der Waals surface area contributed by atoms with Crippen molar-refractivity contribution in [1.29, 1.82) is 0 Å². The predicted octanol–water partition coefficient (Wildman–Crippen LogP) is 2.14. The minimum absolute atomic E-state index is 0.0208. The summed E-state index contributed by atoms with van der Waals surface area (Å²) in [5, 5.41) is 2.88. The van der Waals surface area contributed by atoms with E-state index in [1.165, 1.54) is 0 Å². The largest absolute Gasteiger partial charge is 0.419 e. The van der Waals surface area contributed by atoms with Crippen molar-refractivity contribution < 1.29 is 9.21 Å². The Balaban J connectivity index is 2.30. The molecule has 0 saturated carbocycles. The molecule has 0 aliphatic heterocycles. The molecule has 1 aromatic heterocycles. The van der Waals surface area contributed by atoms with E-state index in [2.05, 4.69) is 5.32 Å². The third kappa shape index (κ3) is 3.57. The summed E-state index contributed by atoms with van der Waals surface area (Å²) in [6.07, 6.45) is 0.785. The van der Waals surface area contributed by atoms with E-state index in [4.69, 9.17) is 4.42 Å². The van der Waals surface area contributed by atoms with Crippen LogP contribution >= 0.6 is 0 Å². The summed E-state index contributed by atoms with van der Waals surface area (Å²) >= 11 is 0. The number of carbonyl (C=O) groups is 1. The highest BCUT2D eigenvalue weighted by Gasteiger charge is 2.13. The average molecular weight is 305 g/mol. The number of oxazole rings is 1. The number of nitrogens with one attached hydrogen (secondary N) is 1. The van der Waals surface area contributed by atoms with E-state index in [0.29, 0.717) is 23.3 Å². The Morgan fingerprint density at radius 3 is 2.77 bits per heavy atom. The molecule has 0 radical (unpaired) electrons. The fourth-order valence-corrected chi connectivity index (χ4v) is 2.10. The Morgan fingerprint density at radius 1 is 1.41 bits per heavy atom. The lowest BCUT2D eigenvalue weighted by molar-refractivity contribution is -0.119. The van der Waals surface area contributed by atoms with Crippen LogP contribution < -0.4 is 11.1 Å². The van der Waals surface area contributed by atoms with Crippen LogP contribution in [-0.2, 0) is 11.3 Å². The van der Waals surface area contributed by atoms with Gasteiger partial charge >= 0.3 is 5.76 Å². The number of fused-ring (bicyclic) bond motifs is 1. The maximum atomic E-state index is 12.0. The molecule has 1 N–H and O–H groups in total. The molecule has 2 rings (SSSR count). The SMILES string of the molecule is CCC(C)C(=O)Nc1ccc2oc(=O)n(CCN(C)C)c2c1. The first-order chi connectivity index (χ1) is 10.4. The molecule has 22 heavy (non-hydrogen) atoms. The molecule has 0 aliphatic rings. The van der Waals surface area contributed by atoms with Crippen molar-refractivity contribution in [1.82, 2.24) is 9.47 Å². The Kier molecular flexibility index (Phi) is 5.03. The van der Waals surface area contributed by atoms with E-state index in [1.807, 2.05) is 32.8 Å². The lowest BCUT2D eigenvalue weighted by atomic mass is 10.1. The summed E-state index contributed by atoms with van der Waals surface area (Å²) in [4.78, 5) is 25.9.